The molecule has 166 valence electrons. The lowest BCUT2D eigenvalue weighted by molar-refractivity contribution is 0.00578. The number of hydrogen-bond acceptors (Lipinski definition) is 2. The van der Waals surface area contributed by atoms with Crippen molar-refractivity contribution < 1.29 is 9.31 Å². The summed E-state index contributed by atoms with van der Waals surface area (Å²) in [7, 11) is -0.381. The van der Waals surface area contributed by atoms with Gasteiger partial charge in [0, 0.05) is 11.5 Å². The molecule has 6 rings (SSSR count). The molecule has 2 heterocycles. The summed E-state index contributed by atoms with van der Waals surface area (Å²) in [6, 6.07) is 25.8. The maximum Gasteiger partial charge on any atom is 0.494 e. The van der Waals surface area contributed by atoms with Gasteiger partial charge in [-0.25, -0.2) is 0 Å². The van der Waals surface area contributed by atoms with Crippen molar-refractivity contribution in [3.63, 3.8) is 0 Å². The summed E-state index contributed by atoms with van der Waals surface area (Å²) in [4.78, 5) is 0. The van der Waals surface area contributed by atoms with Gasteiger partial charge in [0.15, 0.2) is 5.69 Å². The summed E-state index contributed by atoms with van der Waals surface area (Å²) >= 11 is 0. The zero-order valence-corrected chi connectivity index (χ0v) is 20.0. The van der Waals surface area contributed by atoms with E-state index < -0.39 is 0 Å². The Balaban J connectivity index is 1.45. The van der Waals surface area contributed by atoms with E-state index in [1.807, 2.05) is 12.1 Å². The van der Waals surface area contributed by atoms with Crippen molar-refractivity contribution in [3.05, 3.63) is 96.2 Å². The molecule has 0 N–H and O–H groups in total. The molecule has 0 amide bonds. The highest BCUT2D eigenvalue weighted by molar-refractivity contribution is 6.62. The maximum atomic E-state index is 6.32. The molecule has 1 saturated heterocycles. The third kappa shape index (κ3) is 3.27. The van der Waals surface area contributed by atoms with Crippen LogP contribution in [0.15, 0.2) is 78.9 Å². The Morgan fingerprint density at radius 3 is 2.18 bits per heavy atom. The molecule has 0 bridgehead atoms. The van der Waals surface area contributed by atoms with Crippen LogP contribution in [0.4, 0.5) is 0 Å². The van der Waals surface area contributed by atoms with E-state index in [9.17, 15) is 0 Å². The van der Waals surface area contributed by atoms with Crippen LogP contribution >= 0.6 is 0 Å². The Morgan fingerprint density at radius 1 is 0.794 bits per heavy atom. The van der Waals surface area contributed by atoms with E-state index in [-0.39, 0.29) is 18.3 Å². The zero-order valence-electron chi connectivity index (χ0n) is 20.0. The number of hydrogen-bond donors (Lipinski definition) is 0. The van der Waals surface area contributed by atoms with Crippen LogP contribution in [0.1, 0.15) is 39.0 Å². The molecule has 3 aromatic carbocycles. The summed E-state index contributed by atoms with van der Waals surface area (Å²) in [5.41, 5.74) is 7.35. The Morgan fingerprint density at radius 2 is 1.47 bits per heavy atom. The molecule has 34 heavy (non-hydrogen) atoms. The van der Waals surface area contributed by atoms with E-state index >= 15 is 0 Å². The monoisotopic (exact) mass is 444 g/mol. The Hall–Kier alpha value is -3.43. The fraction of sp³-hybridized carbons (Fsp3) is 0.200. The number of benzene rings is 3. The first kappa shape index (κ1) is 21.1. The van der Waals surface area contributed by atoms with Crippen molar-refractivity contribution in [2.75, 3.05) is 0 Å². The SMILES string of the molecule is CC1(C)OB(c2ccc3c(c2)c2c(n3-c3ccc(-c4ccccc4)cc3)C=[C+]C=C2)OC1(C)C. The van der Waals surface area contributed by atoms with Gasteiger partial charge in [-0.3, -0.25) is 4.57 Å². The van der Waals surface area contributed by atoms with Crippen LogP contribution in [0.2, 0.25) is 0 Å². The largest absolute Gasteiger partial charge is 0.494 e. The van der Waals surface area contributed by atoms with Gasteiger partial charge in [-0.15, -0.1) is 0 Å². The van der Waals surface area contributed by atoms with E-state index in [0.717, 1.165) is 22.4 Å². The van der Waals surface area contributed by atoms with Crippen molar-refractivity contribution in [2.45, 2.75) is 38.9 Å². The maximum absolute atomic E-state index is 6.32. The molecule has 0 saturated carbocycles. The normalized spacial score (nSPS) is 17.7. The zero-order chi connectivity index (χ0) is 23.5. The van der Waals surface area contributed by atoms with Crippen molar-refractivity contribution in [1.29, 1.82) is 0 Å². The third-order valence-electron chi connectivity index (χ3n) is 7.39. The summed E-state index contributed by atoms with van der Waals surface area (Å²) in [6.45, 7) is 8.36. The minimum atomic E-state index is -0.381. The Bertz CT molecular complexity index is 1430. The molecular formula is C30H27BNO2+. The lowest BCUT2D eigenvalue weighted by Crippen LogP contribution is -2.41. The second kappa shape index (κ2) is 7.54. The molecule has 4 aromatic rings. The molecule has 1 aliphatic carbocycles. The third-order valence-corrected chi connectivity index (χ3v) is 7.39. The van der Waals surface area contributed by atoms with E-state index in [0.29, 0.717) is 0 Å². The first-order valence-corrected chi connectivity index (χ1v) is 11.8. The minimum absolute atomic E-state index is 0.365. The fourth-order valence-corrected chi connectivity index (χ4v) is 4.77. The smallest absolute Gasteiger partial charge is 0.399 e. The standard InChI is InChI=1S/C30H27BNO2/c1-29(2)30(3,4)34-31(33-29)23-16-19-28-26(20-23)25-12-8-9-13-27(25)32(28)24-17-14-22(15-18-24)21-10-6-5-7-11-21/h5-8,10-20H,1-4H3/q+1. The molecule has 2 aliphatic rings. The number of fused-ring (bicyclic) bond motifs is 3. The molecule has 3 nitrogen and oxygen atoms in total. The average molecular weight is 444 g/mol. The highest BCUT2D eigenvalue weighted by Crippen LogP contribution is 2.38. The average Bonchev–Trinajstić information content (AvgIpc) is 3.29. The van der Waals surface area contributed by atoms with Gasteiger partial charge in [0.2, 0.25) is 0 Å². The molecule has 0 atom stereocenters. The Labute approximate surface area is 201 Å². The summed E-state index contributed by atoms with van der Waals surface area (Å²) in [5, 5.41) is 1.18. The van der Waals surface area contributed by atoms with Crippen molar-refractivity contribution in [1.82, 2.24) is 4.57 Å². The van der Waals surface area contributed by atoms with Crippen LogP contribution in [0.5, 0.6) is 0 Å². The molecule has 0 unspecified atom stereocenters. The number of nitrogens with zero attached hydrogens (tertiary/aromatic N) is 1. The Kier molecular flexibility index (Phi) is 4.69. The van der Waals surface area contributed by atoms with Gasteiger partial charge in [-0.1, -0.05) is 48.5 Å². The first-order valence-electron chi connectivity index (χ1n) is 11.8. The van der Waals surface area contributed by atoms with E-state index in [4.69, 9.17) is 9.31 Å². The van der Waals surface area contributed by atoms with Crippen LogP contribution in [-0.4, -0.2) is 22.9 Å². The van der Waals surface area contributed by atoms with Crippen LogP contribution in [0.3, 0.4) is 0 Å². The van der Waals surface area contributed by atoms with Gasteiger partial charge in [0.25, 0.3) is 0 Å². The van der Waals surface area contributed by atoms with Crippen molar-refractivity contribution >= 4 is 35.6 Å². The van der Waals surface area contributed by atoms with Gasteiger partial charge in [0.1, 0.15) is 17.7 Å². The molecule has 1 aliphatic heterocycles. The van der Waals surface area contributed by atoms with Gasteiger partial charge in [-0.05, 0) is 68.6 Å². The molecule has 1 fully saturated rings. The lowest BCUT2D eigenvalue weighted by atomic mass is 9.78. The first-order chi connectivity index (χ1) is 16.3. The highest BCUT2D eigenvalue weighted by Gasteiger charge is 2.51. The lowest BCUT2D eigenvalue weighted by Gasteiger charge is -2.32. The predicted molar refractivity (Wildman–Crippen MR) is 141 cm³/mol. The van der Waals surface area contributed by atoms with Crippen LogP contribution in [0.25, 0.3) is 39.9 Å². The van der Waals surface area contributed by atoms with Gasteiger partial charge >= 0.3 is 7.12 Å². The number of allylic oxidation sites excluding steroid dienone is 2. The topological polar surface area (TPSA) is 23.4 Å². The quantitative estimate of drug-likeness (QED) is 0.268. The summed E-state index contributed by atoms with van der Waals surface area (Å²) in [5.74, 6) is 0. The number of rotatable bonds is 3. The molecule has 0 spiro atoms. The van der Waals surface area contributed by atoms with Crippen LogP contribution in [-0.2, 0) is 9.31 Å². The highest BCUT2D eigenvalue weighted by atomic mass is 16.7. The molecule has 0 radical (unpaired) electrons. The second-order valence-electron chi connectivity index (χ2n) is 10.1. The molecular weight excluding hydrogens is 417 g/mol. The predicted octanol–water partition coefficient (Wildman–Crippen LogP) is 6.44. The van der Waals surface area contributed by atoms with Gasteiger partial charge in [0.05, 0.1) is 28.5 Å². The second-order valence-corrected chi connectivity index (χ2v) is 10.1. The van der Waals surface area contributed by atoms with E-state index in [1.54, 1.807) is 0 Å². The fourth-order valence-electron chi connectivity index (χ4n) is 4.77. The van der Waals surface area contributed by atoms with Crippen molar-refractivity contribution in [2.24, 2.45) is 0 Å². The molecule has 1 aromatic heterocycles. The van der Waals surface area contributed by atoms with Crippen LogP contribution in [0, 0.1) is 6.08 Å². The summed E-state index contributed by atoms with van der Waals surface area (Å²) < 4.78 is 15.0. The van der Waals surface area contributed by atoms with Crippen LogP contribution < -0.4 is 5.46 Å². The van der Waals surface area contributed by atoms with Crippen molar-refractivity contribution in [3.8, 4) is 16.8 Å². The number of aromatic nitrogens is 1. The molecule has 4 heteroatoms. The van der Waals surface area contributed by atoms with E-state index in [2.05, 4.69) is 117 Å². The minimum Gasteiger partial charge on any atom is -0.399 e. The summed E-state index contributed by atoms with van der Waals surface area (Å²) in [6.07, 6.45) is 9.45. The van der Waals surface area contributed by atoms with E-state index in [1.165, 1.54) is 22.1 Å². The van der Waals surface area contributed by atoms with Gasteiger partial charge < -0.3 is 9.31 Å². The van der Waals surface area contributed by atoms with Gasteiger partial charge in [-0.2, -0.15) is 0 Å².